The average Bonchev–Trinajstić information content (AvgIpc) is 2.22. The summed E-state index contributed by atoms with van der Waals surface area (Å²) in [7, 11) is 1.30. The van der Waals surface area contributed by atoms with Crippen LogP contribution in [0.4, 0.5) is 0 Å². The van der Waals surface area contributed by atoms with Gasteiger partial charge in [0.25, 0.3) is 0 Å². The normalized spacial score (nSPS) is 13.2. The average molecular weight is 271 g/mol. The number of rotatable bonds is 6. The summed E-state index contributed by atoms with van der Waals surface area (Å²) in [6.45, 7) is 1.57. The zero-order valence-electron chi connectivity index (χ0n) is 9.69. The number of nitrogens with two attached hydrogens (primary N) is 1. The second-order valence-corrected chi connectivity index (χ2v) is 4.14. The van der Waals surface area contributed by atoms with Gasteiger partial charge in [-0.25, -0.2) is 4.79 Å². The van der Waals surface area contributed by atoms with E-state index < -0.39 is 18.1 Å². The Morgan fingerprint density at radius 1 is 1.50 bits per heavy atom. The van der Waals surface area contributed by atoms with E-state index in [2.05, 4.69) is 10.1 Å². The van der Waals surface area contributed by atoms with Gasteiger partial charge in [-0.2, -0.15) is 11.8 Å². The molecule has 0 bridgehead atoms. The quantitative estimate of drug-likeness (QED) is 0.673. The molecular weight excluding hydrogens is 252 g/mol. The molecule has 96 valence electrons. The highest BCUT2D eigenvalue weighted by Gasteiger charge is 2.22. The fourth-order valence-electron chi connectivity index (χ4n) is 0.930. The molecule has 0 aliphatic rings. The van der Waals surface area contributed by atoms with Gasteiger partial charge < -0.3 is 15.8 Å². The summed E-state index contributed by atoms with van der Waals surface area (Å²) in [6.07, 6.45) is 2.48. The van der Waals surface area contributed by atoms with Crippen LogP contribution in [0.1, 0.15) is 13.3 Å². The van der Waals surface area contributed by atoms with Gasteiger partial charge in [0.05, 0.1) is 13.2 Å². The van der Waals surface area contributed by atoms with E-state index >= 15 is 0 Å². The third-order valence-electron chi connectivity index (χ3n) is 1.83. The van der Waals surface area contributed by atoms with Gasteiger partial charge in [0.15, 0.2) is 0 Å². The maximum atomic E-state index is 11.3. The van der Waals surface area contributed by atoms with E-state index in [1.807, 2.05) is 6.26 Å². The standard InChI is InChI=1S/C9H18N2O3S.ClH/c1-6(10)8(12)11-7(4-5-15-3)9(13)14-2;/h6-7H,4-5,10H2,1-3H3,(H,11,12);1H/t6-,7-;/m0./s1. The Bertz CT molecular complexity index is 227. The summed E-state index contributed by atoms with van der Waals surface area (Å²) in [4.78, 5) is 22.6. The van der Waals surface area contributed by atoms with Crippen molar-refractivity contribution in [3.8, 4) is 0 Å². The van der Waals surface area contributed by atoms with Crippen LogP contribution in [0.5, 0.6) is 0 Å². The van der Waals surface area contributed by atoms with Crippen molar-refractivity contribution in [3.05, 3.63) is 0 Å². The maximum Gasteiger partial charge on any atom is 0.328 e. The molecule has 0 aromatic rings. The molecule has 0 fully saturated rings. The van der Waals surface area contributed by atoms with Crippen molar-refractivity contribution in [2.24, 2.45) is 5.73 Å². The third kappa shape index (κ3) is 6.92. The number of hydrogen-bond donors (Lipinski definition) is 2. The van der Waals surface area contributed by atoms with Crippen LogP contribution in [0.15, 0.2) is 0 Å². The van der Waals surface area contributed by atoms with Crippen molar-refractivity contribution < 1.29 is 14.3 Å². The van der Waals surface area contributed by atoms with Crippen LogP contribution >= 0.6 is 24.2 Å². The van der Waals surface area contributed by atoms with Gasteiger partial charge in [0.1, 0.15) is 6.04 Å². The van der Waals surface area contributed by atoms with Gasteiger partial charge in [0, 0.05) is 0 Å². The second-order valence-electron chi connectivity index (χ2n) is 3.15. The van der Waals surface area contributed by atoms with Gasteiger partial charge in [-0.1, -0.05) is 0 Å². The second kappa shape index (κ2) is 9.74. The molecular formula is C9H19ClN2O3S. The minimum atomic E-state index is -0.619. The fraction of sp³-hybridized carbons (Fsp3) is 0.778. The first-order chi connectivity index (χ1) is 7.02. The molecule has 1 amide bonds. The van der Waals surface area contributed by atoms with Gasteiger partial charge in [0.2, 0.25) is 5.91 Å². The van der Waals surface area contributed by atoms with Crippen LogP contribution in [0.2, 0.25) is 0 Å². The summed E-state index contributed by atoms with van der Waals surface area (Å²) < 4.78 is 4.59. The molecule has 2 atom stereocenters. The molecule has 3 N–H and O–H groups in total. The molecule has 0 aliphatic heterocycles. The smallest absolute Gasteiger partial charge is 0.328 e. The lowest BCUT2D eigenvalue weighted by Gasteiger charge is -2.17. The molecule has 0 unspecified atom stereocenters. The highest BCUT2D eigenvalue weighted by Crippen LogP contribution is 2.02. The summed E-state index contributed by atoms with van der Waals surface area (Å²) >= 11 is 1.60. The number of halogens is 1. The predicted octanol–water partition coefficient (Wildman–Crippen LogP) is 0.166. The van der Waals surface area contributed by atoms with Crippen LogP contribution in [0.3, 0.4) is 0 Å². The van der Waals surface area contributed by atoms with E-state index in [0.29, 0.717) is 6.42 Å². The van der Waals surface area contributed by atoms with Gasteiger partial charge in [-0.3, -0.25) is 4.79 Å². The van der Waals surface area contributed by atoms with Crippen LogP contribution in [0, 0.1) is 0 Å². The lowest BCUT2D eigenvalue weighted by molar-refractivity contribution is -0.145. The number of hydrogen-bond acceptors (Lipinski definition) is 5. The number of carbonyl (C=O) groups excluding carboxylic acids is 2. The Morgan fingerprint density at radius 3 is 2.44 bits per heavy atom. The molecule has 7 heteroatoms. The molecule has 16 heavy (non-hydrogen) atoms. The van der Waals surface area contributed by atoms with Crippen molar-refractivity contribution in [3.63, 3.8) is 0 Å². The molecule has 5 nitrogen and oxygen atoms in total. The fourth-order valence-corrected chi connectivity index (χ4v) is 1.40. The van der Waals surface area contributed by atoms with E-state index in [4.69, 9.17) is 5.73 Å². The summed E-state index contributed by atoms with van der Waals surface area (Å²) in [6, 6.07) is -1.22. The van der Waals surface area contributed by atoms with Crippen molar-refractivity contribution in [1.29, 1.82) is 0 Å². The number of amides is 1. The maximum absolute atomic E-state index is 11.3. The monoisotopic (exact) mass is 270 g/mol. The Hall–Kier alpha value is -0.460. The molecule has 0 heterocycles. The third-order valence-corrected chi connectivity index (χ3v) is 2.47. The van der Waals surface area contributed by atoms with Gasteiger partial charge >= 0.3 is 5.97 Å². The van der Waals surface area contributed by atoms with Crippen LogP contribution < -0.4 is 11.1 Å². The molecule has 0 aromatic heterocycles. The van der Waals surface area contributed by atoms with Crippen molar-refractivity contribution in [1.82, 2.24) is 5.32 Å². The number of ether oxygens (including phenoxy) is 1. The number of thioether (sulfide) groups is 1. The zero-order chi connectivity index (χ0) is 11.8. The molecule has 0 aliphatic carbocycles. The Labute approximate surface area is 106 Å². The number of carbonyl (C=O) groups is 2. The SMILES string of the molecule is COC(=O)[C@H](CCSC)NC(=O)[C@H](C)N.Cl. The molecule has 0 rings (SSSR count). The summed E-state index contributed by atoms with van der Waals surface area (Å²) in [5.74, 6) is 0.00322. The number of methoxy groups -OCH3 is 1. The minimum Gasteiger partial charge on any atom is -0.467 e. The molecule has 0 saturated carbocycles. The van der Waals surface area contributed by atoms with Gasteiger partial charge in [-0.15, -0.1) is 12.4 Å². The van der Waals surface area contributed by atoms with E-state index in [-0.39, 0.29) is 18.3 Å². The van der Waals surface area contributed by atoms with Crippen molar-refractivity contribution in [2.75, 3.05) is 19.1 Å². The largest absolute Gasteiger partial charge is 0.467 e. The first kappa shape index (κ1) is 17.9. The molecule has 0 spiro atoms. The predicted molar refractivity (Wildman–Crippen MR) is 67.8 cm³/mol. The summed E-state index contributed by atoms with van der Waals surface area (Å²) in [5.41, 5.74) is 5.39. The topological polar surface area (TPSA) is 81.4 Å². The number of nitrogens with one attached hydrogen (secondary N) is 1. The van der Waals surface area contributed by atoms with Crippen LogP contribution in [-0.2, 0) is 14.3 Å². The molecule has 0 saturated heterocycles. The Balaban J connectivity index is 0. The summed E-state index contributed by atoms with van der Waals surface area (Å²) in [5, 5.41) is 2.55. The van der Waals surface area contributed by atoms with E-state index in [1.54, 1.807) is 18.7 Å². The van der Waals surface area contributed by atoms with Crippen molar-refractivity contribution in [2.45, 2.75) is 25.4 Å². The first-order valence-corrected chi connectivity index (χ1v) is 6.05. The first-order valence-electron chi connectivity index (χ1n) is 4.65. The van der Waals surface area contributed by atoms with Crippen LogP contribution in [-0.4, -0.2) is 43.1 Å². The van der Waals surface area contributed by atoms with Crippen LogP contribution in [0.25, 0.3) is 0 Å². The van der Waals surface area contributed by atoms with Gasteiger partial charge in [-0.05, 0) is 25.4 Å². The van der Waals surface area contributed by atoms with E-state index in [1.165, 1.54) is 7.11 Å². The molecule has 0 aromatic carbocycles. The Kier molecular flexibility index (Phi) is 10.9. The highest BCUT2D eigenvalue weighted by atomic mass is 35.5. The minimum absolute atomic E-state index is 0. The zero-order valence-corrected chi connectivity index (χ0v) is 11.3. The molecule has 0 radical (unpaired) electrons. The lowest BCUT2D eigenvalue weighted by Crippen LogP contribution is -2.47. The Morgan fingerprint density at radius 2 is 2.06 bits per heavy atom. The lowest BCUT2D eigenvalue weighted by atomic mass is 10.2. The van der Waals surface area contributed by atoms with E-state index in [9.17, 15) is 9.59 Å². The van der Waals surface area contributed by atoms with Crippen molar-refractivity contribution >= 4 is 36.0 Å². The highest BCUT2D eigenvalue weighted by molar-refractivity contribution is 7.98. The number of esters is 1. The van der Waals surface area contributed by atoms with E-state index in [0.717, 1.165) is 5.75 Å².